The van der Waals surface area contributed by atoms with Crippen LogP contribution in [-0.2, 0) is 36.8 Å². The Balaban J connectivity index is 1.24. The maximum atomic E-state index is 13.9. The molecule has 3 heterocycles. The number of aromatic nitrogens is 1. The smallest absolute Gasteiger partial charge is 0.223 e. The molecular formula is C35H45N3O6S. The highest BCUT2D eigenvalue weighted by molar-refractivity contribution is 7.15. The molecule has 10 heteroatoms. The number of methoxy groups -OCH3 is 1. The van der Waals surface area contributed by atoms with Crippen molar-refractivity contribution in [3.05, 3.63) is 52.6 Å². The maximum Gasteiger partial charge on any atom is 0.223 e. The van der Waals surface area contributed by atoms with Gasteiger partial charge in [0.2, 0.25) is 5.91 Å². The van der Waals surface area contributed by atoms with Gasteiger partial charge < -0.3 is 19.7 Å². The number of epoxide rings is 1. The number of hydrogen-bond donors (Lipinski definition) is 1. The summed E-state index contributed by atoms with van der Waals surface area (Å²) >= 11 is 1.54. The van der Waals surface area contributed by atoms with Crippen LogP contribution in [0.5, 0.6) is 5.75 Å². The van der Waals surface area contributed by atoms with E-state index in [1.807, 2.05) is 24.3 Å². The SMILES string of the molecule is COc1ccc(C[C@H](NC(=O)[C@H](C)CC(=O)Cc2cnc(N3CCCC3)s2)C(=O)C[C@@H](CC2=CCCC2)C(=O)[C@@]2(C)CO2)cc1. The third-order valence-corrected chi connectivity index (χ3v) is 10.2. The van der Waals surface area contributed by atoms with E-state index in [1.54, 1.807) is 27.2 Å². The molecule has 2 saturated heterocycles. The van der Waals surface area contributed by atoms with Crippen LogP contribution < -0.4 is 15.0 Å². The highest BCUT2D eigenvalue weighted by Gasteiger charge is 2.50. The predicted molar refractivity (Wildman–Crippen MR) is 174 cm³/mol. The van der Waals surface area contributed by atoms with Gasteiger partial charge in [0.15, 0.2) is 16.7 Å². The zero-order valence-electron chi connectivity index (χ0n) is 26.6. The molecule has 1 amide bonds. The minimum absolute atomic E-state index is 0.0221. The van der Waals surface area contributed by atoms with Crippen LogP contribution in [-0.4, -0.2) is 66.7 Å². The van der Waals surface area contributed by atoms with Crippen LogP contribution in [0.4, 0.5) is 5.13 Å². The van der Waals surface area contributed by atoms with Crippen molar-refractivity contribution in [3.63, 3.8) is 0 Å². The van der Waals surface area contributed by atoms with Crippen molar-refractivity contribution < 1.29 is 28.7 Å². The first-order valence-electron chi connectivity index (χ1n) is 16.2. The fraction of sp³-hybridized carbons (Fsp3) is 0.571. The van der Waals surface area contributed by atoms with Gasteiger partial charge in [-0.15, -0.1) is 11.3 Å². The van der Waals surface area contributed by atoms with Gasteiger partial charge in [-0.2, -0.15) is 0 Å². The Labute approximate surface area is 269 Å². The highest BCUT2D eigenvalue weighted by Crippen LogP contribution is 2.36. The molecule has 242 valence electrons. The van der Waals surface area contributed by atoms with E-state index in [1.165, 1.54) is 16.9 Å². The summed E-state index contributed by atoms with van der Waals surface area (Å²) in [5, 5.41) is 3.90. The van der Waals surface area contributed by atoms with Crippen molar-refractivity contribution in [1.29, 1.82) is 0 Å². The van der Waals surface area contributed by atoms with Crippen molar-refractivity contribution >= 4 is 39.7 Å². The van der Waals surface area contributed by atoms with Gasteiger partial charge in [0.25, 0.3) is 0 Å². The van der Waals surface area contributed by atoms with Crippen LogP contribution in [0.25, 0.3) is 0 Å². The molecule has 0 radical (unpaired) electrons. The zero-order chi connectivity index (χ0) is 32.0. The van der Waals surface area contributed by atoms with Gasteiger partial charge in [-0.1, -0.05) is 30.7 Å². The molecule has 1 aromatic heterocycles. The lowest BCUT2D eigenvalue weighted by molar-refractivity contribution is -0.134. The Morgan fingerprint density at radius 3 is 2.47 bits per heavy atom. The molecule has 3 aliphatic rings. The number of carbonyl (C=O) groups is 4. The molecule has 2 aromatic rings. The Kier molecular flexibility index (Phi) is 10.9. The van der Waals surface area contributed by atoms with Gasteiger partial charge in [-0.3, -0.25) is 19.2 Å². The topological polar surface area (TPSA) is 118 Å². The van der Waals surface area contributed by atoms with Crippen LogP contribution in [0.3, 0.4) is 0 Å². The van der Waals surface area contributed by atoms with E-state index >= 15 is 0 Å². The van der Waals surface area contributed by atoms with Crippen molar-refractivity contribution in [2.75, 3.05) is 31.7 Å². The Hall–Kier alpha value is -3.37. The molecule has 4 atom stereocenters. The fourth-order valence-corrected chi connectivity index (χ4v) is 7.25. The minimum atomic E-state index is -0.839. The minimum Gasteiger partial charge on any atom is -0.497 e. The molecule has 1 N–H and O–H groups in total. The van der Waals surface area contributed by atoms with Crippen LogP contribution in [0.1, 0.15) is 75.7 Å². The van der Waals surface area contributed by atoms with Gasteiger partial charge >= 0.3 is 0 Å². The molecule has 1 aliphatic carbocycles. The number of allylic oxidation sites excluding steroid dienone is 2. The average molecular weight is 636 g/mol. The summed E-state index contributed by atoms with van der Waals surface area (Å²) in [5.41, 5.74) is 1.24. The molecule has 1 aromatic carbocycles. The fourth-order valence-electron chi connectivity index (χ4n) is 6.26. The van der Waals surface area contributed by atoms with Crippen LogP contribution >= 0.6 is 11.3 Å². The Bertz CT molecular complexity index is 1410. The predicted octanol–water partition coefficient (Wildman–Crippen LogP) is 5.05. The number of benzene rings is 1. The first kappa shape index (κ1) is 33.0. The summed E-state index contributed by atoms with van der Waals surface area (Å²) in [5.74, 6) is -1.06. The number of ketones is 3. The molecule has 0 saturated carbocycles. The largest absolute Gasteiger partial charge is 0.497 e. The molecule has 9 nitrogen and oxygen atoms in total. The molecule has 2 aliphatic heterocycles. The number of nitrogens with zero attached hydrogens (tertiary/aromatic N) is 2. The lowest BCUT2D eigenvalue weighted by Crippen LogP contribution is -2.46. The quantitative estimate of drug-likeness (QED) is 0.190. The van der Waals surface area contributed by atoms with Gasteiger partial charge in [0.1, 0.15) is 17.1 Å². The number of rotatable bonds is 17. The molecule has 0 spiro atoms. The van der Waals surface area contributed by atoms with Gasteiger partial charge in [0, 0.05) is 55.3 Å². The number of anilines is 1. The van der Waals surface area contributed by atoms with Crippen molar-refractivity contribution in [2.24, 2.45) is 11.8 Å². The monoisotopic (exact) mass is 635 g/mol. The Morgan fingerprint density at radius 2 is 1.82 bits per heavy atom. The summed E-state index contributed by atoms with van der Waals surface area (Å²) in [6.07, 6.45) is 10.4. The van der Waals surface area contributed by atoms with E-state index in [4.69, 9.17) is 9.47 Å². The van der Waals surface area contributed by atoms with Crippen molar-refractivity contribution in [3.8, 4) is 5.75 Å². The lowest BCUT2D eigenvalue weighted by atomic mass is 9.83. The number of hydrogen-bond acceptors (Lipinski definition) is 9. The van der Waals surface area contributed by atoms with Gasteiger partial charge in [-0.05, 0) is 69.6 Å². The van der Waals surface area contributed by atoms with E-state index in [0.717, 1.165) is 60.8 Å². The van der Waals surface area contributed by atoms with Crippen molar-refractivity contribution in [1.82, 2.24) is 10.3 Å². The van der Waals surface area contributed by atoms with Crippen LogP contribution in [0.15, 0.2) is 42.1 Å². The molecule has 2 fully saturated rings. The first-order chi connectivity index (χ1) is 21.6. The van der Waals surface area contributed by atoms with Crippen LogP contribution in [0.2, 0.25) is 0 Å². The van der Waals surface area contributed by atoms with E-state index in [9.17, 15) is 19.2 Å². The second kappa shape index (κ2) is 14.8. The van der Waals surface area contributed by atoms with Gasteiger partial charge in [0.05, 0.1) is 19.8 Å². The summed E-state index contributed by atoms with van der Waals surface area (Å²) in [6.45, 7) is 5.86. The highest BCUT2D eigenvalue weighted by atomic mass is 32.1. The number of Topliss-reactive ketones (excluding diaryl/α,β-unsaturated/α-hetero) is 3. The summed E-state index contributed by atoms with van der Waals surface area (Å²) in [7, 11) is 1.59. The number of nitrogens with one attached hydrogen (secondary N) is 1. The average Bonchev–Trinajstić information content (AvgIpc) is 3.50. The zero-order valence-corrected chi connectivity index (χ0v) is 27.5. The first-order valence-corrected chi connectivity index (χ1v) is 17.0. The van der Waals surface area contributed by atoms with E-state index in [0.29, 0.717) is 18.8 Å². The van der Waals surface area contributed by atoms with Crippen molar-refractivity contribution in [2.45, 2.75) is 89.7 Å². The van der Waals surface area contributed by atoms with E-state index < -0.39 is 23.5 Å². The third kappa shape index (κ3) is 8.88. The summed E-state index contributed by atoms with van der Waals surface area (Å²) < 4.78 is 10.7. The Morgan fingerprint density at radius 1 is 1.09 bits per heavy atom. The lowest BCUT2D eigenvalue weighted by Gasteiger charge is -2.24. The van der Waals surface area contributed by atoms with E-state index in [-0.39, 0.29) is 48.9 Å². The number of carbonyl (C=O) groups excluding carboxylic acids is 4. The second-order valence-corrected chi connectivity index (χ2v) is 14.0. The van der Waals surface area contributed by atoms with E-state index in [2.05, 4.69) is 21.3 Å². The molecule has 5 rings (SSSR count). The molecule has 45 heavy (non-hydrogen) atoms. The third-order valence-electron chi connectivity index (χ3n) is 9.14. The summed E-state index contributed by atoms with van der Waals surface area (Å²) in [6, 6.07) is 6.54. The van der Waals surface area contributed by atoms with Gasteiger partial charge in [-0.25, -0.2) is 4.98 Å². The number of amides is 1. The second-order valence-electron chi connectivity index (χ2n) is 12.9. The normalized spacial score (nSPS) is 21.1. The number of ether oxygens (including phenoxy) is 2. The van der Waals surface area contributed by atoms with Crippen LogP contribution in [0, 0.1) is 11.8 Å². The summed E-state index contributed by atoms with van der Waals surface area (Å²) in [4.78, 5) is 61.4. The molecule has 0 unspecified atom stereocenters. The standard InChI is InChI=1S/C35H45N3O6S/c1-23(16-27(39)20-29-21-36-34(45-29)38-14-6-7-15-38)33(42)37-30(18-25-10-12-28(43-3)13-11-25)31(40)19-26(17-24-8-4-5-9-24)32(41)35(2)22-44-35/h8,10-13,21,23,26,30H,4-7,9,14-20,22H2,1-3H3,(H,37,42)/t23-,26-,30+,35-/m1/s1. The number of thiazole rings is 1. The maximum absolute atomic E-state index is 13.9. The molecule has 0 bridgehead atoms. The molecular weight excluding hydrogens is 590 g/mol.